The van der Waals surface area contributed by atoms with Gasteiger partial charge in [-0.05, 0) is 31.0 Å². The van der Waals surface area contributed by atoms with Crippen molar-refractivity contribution in [2.24, 2.45) is 0 Å². The van der Waals surface area contributed by atoms with Crippen LogP contribution in [0.5, 0.6) is 0 Å². The van der Waals surface area contributed by atoms with Crippen LogP contribution >= 0.6 is 0 Å². The zero-order valence-corrected chi connectivity index (χ0v) is 13.1. The molecule has 23 heavy (non-hydrogen) atoms. The van der Waals surface area contributed by atoms with E-state index in [1.54, 1.807) is 6.07 Å². The molecule has 124 valence electrons. The fourth-order valence-electron chi connectivity index (χ4n) is 3.12. The average molecular weight is 319 g/mol. The molecule has 1 aliphatic rings. The van der Waals surface area contributed by atoms with Gasteiger partial charge in [0.25, 0.3) is 0 Å². The van der Waals surface area contributed by atoms with Crippen molar-refractivity contribution in [1.82, 2.24) is 15.3 Å². The van der Waals surface area contributed by atoms with E-state index in [2.05, 4.69) is 15.3 Å². The van der Waals surface area contributed by atoms with Crippen molar-refractivity contribution in [2.75, 3.05) is 6.54 Å². The Balaban J connectivity index is 1.49. The number of nitrogens with one attached hydrogen (secondary N) is 2. The molecule has 0 radical (unpaired) electrons. The number of halogens is 1. The predicted molar refractivity (Wildman–Crippen MR) is 85.4 cm³/mol. The number of aromatic nitrogens is 2. The summed E-state index contributed by atoms with van der Waals surface area (Å²) < 4.78 is 13.1. The summed E-state index contributed by atoms with van der Waals surface area (Å²) in [5.41, 5.74) is 0.584. The van der Waals surface area contributed by atoms with Crippen LogP contribution in [0.4, 0.5) is 4.39 Å². The van der Waals surface area contributed by atoms with Gasteiger partial charge in [0.2, 0.25) is 5.91 Å². The van der Waals surface area contributed by atoms with Gasteiger partial charge < -0.3 is 15.4 Å². The molecule has 0 unspecified atom stereocenters. The first-order chi connectivity index (χ1) is 11.0. The first kappa shape index (κ1) is 15.9. The number of H-pyrrole nitrogens is 1. The molecular weight excluding hydrogens is 297 g/mol. The van der Waals surface area contributed by atoms with Crippen LogP contribution in [0.2, 0.25) is 0 Å². The lowest BCUT2D eigenvalue weighted by Gasteiger charge is -2.32. The van der Waals surface area contributed by atoms with Gasteiger partial charge in [0.05, 0.1) is 16.6 Å². The van der Waals surface area contributed by atoms with Crippen molar-refractivity contribution >= 4 is 16.9 Å². The van der Waals surface area contributed by atoms with Crippen LogP contribution in [0, 0.1) is 5.82 Å². The Hall–Kier alpha value is -1.95. The largest absolute Gasteiger partial charge is 0.388 e. The summed E-state index contributed by atoms with van der Waals surface area (Å²) in [5.74, 6) is 0.249. The fraction of sp³-hybridized carbons (Fsp3) is 0.529. The van der Waals surface area contributed by atoms with Gasteiger partial charge in [-0.1, -0.05) is 19.3 Å². The number of nitrogens with zero attached hydrogens (tertiary/aromatic N) is 1. The molecule has 3 rings (SSSR count). The number of hydrogen-bond donors (Lipinski definition) is 3. The van der Waals surface area contributed by atoms with Gasteiger partial charge >= 0.3 is 0 Å². The summed E-state index contributed by atoms with van der Waals surface area (Å²) in [7, 11) is 0. The van der Waals surface area contributed by atoms with E-state index in [9.17, 15) is 14.3 Å². The molecule has 1 aliphatic carbocycles. The van der Waals surface area contributed by atoms with Gasteiger partial charge in [0.15, 0.2) is 0 Å². The van der Waals surface area contributed by atoms with Crippen LogP contribution in [0.3, 0.4) is 0 Å². The maximum Gasteiger partial charge on any atom is 0.220 e. The van der Waals surface area contributed by atoms with E-state index in [0.29, 0.717) is 36.2 Å². The van der Waals surface area contributed by atoms with Crippen LogP contribution in [-0.4, -0.2) is 33.1 Å². The Morgan fingerprint density at radius 2 is 2.13 bits per heavy atom. The molecule has 0 saturated heterocycles. The van der Waals surface area contributed by atoms with Gasteiger partial charge in [-0.2, -0.15) is 0 Å². The zero-order valence-electron chi connectivity index (χ0n) is 13.1. The minimum atomic E-state index is -0.745. The Morgan fingerprint density at radius 3 is 2.91 bits per heavy atom. The monoisotopic (exact) mass is 319 g/mol. The molecule has 0 spiro atoms. The molecular formula is C17H22FN3O2. The highest BCUT2D eigenvalue weighted by Gasteiger charge is 2.29. The van der Waals surface area contributed by atoms with Gasteiger partial charge in [-0.15, -0.1) is 0 Å². The minimum absolute atomic E-state index is 0.101. The van der Waals surface area contributed by atoms with Crippen LogP contribution in [0.15, 0.2) is 18.2 Å². The zero-order chi connectivity index (χ0) is 16.3. The smallest absolute Gasteiger partial charge is 0.220 e. The molecule has 0 atom stereocenters. The molecule has 1 saturated carbocycles. The Morgan fingerprint density at radius 1 is 1.35 bits per heavy atom. The third-order valence-electron chi connectivity index (χ3n) is 4.48. The van der Waals surface area contributed by atoms with E-state index in [0.717, 1.165) is 32.1 Å². The highest BCUT2D eigenvalue weighted by molar-refractivity contribution is 5.77. The number of fused-ring (bicyclic) bond motifs is 1. The van der Waals surface area contributed by atoms with Crippen molar-refractivity contribution in [3.05, 3.63) is 29.8 Å². The Bertz CT molecular complexity index is 692. The summed E-state index contributed by atoms with van der Waals surface area (Å²) in [6.45, 7) is 0.317. The number of aromatic amines is 1. The number of aryl methyl sites for hydroxylation is 1. The SMILES string of the molecule is O=C(CCc1nc2ccc(F)cc2[nH]1)NCC1(O)CCCCC1. The number of carbonyl (C=O) groups is 1. The van der Waals surface area contributed by atoms with Gasteiger partial charge in [0.1, 0.15) is 11.6 Å². The first-order valence-corrected chi connectivity index (χ1v) is 8.17. The molecule has 6 heteroatoms. The van der Waals surface area contributed by atoms with Crippen LogP contribution in [0.25, 0.3) is 11.0 Å². The second-order valence-corrected chi connectivity index (χ2v) is 6.41. The average Bonchev–Trinajstić information content (AvgIpc) is 2.94. The molecule has 1 amide bonds. The van der Waals surface area contributed by atoms with Crippen LogP contribution in [-0.2, 0) is 11.2 Å². The summed E-state index contributed by atoms with van der Waals surface area (Å²) in [4.78, 5) is 19.3. The van der Waals surface area contributed by atoms with Gasteiger partial charge in [0, 0.05) is 19.4 Å². The minimum Gasteiger partial charge on any atom is -0.388 e. The lowest BCUT2D eigenvalue weighted by atomic mass is 9.85. The maximum atomic E-state index is 13.1. The molecule has 1 aromatic heterocycles. The molecule has 2 aromatic rings. The maximum absolute atomic E-state index is 13.1. The normalized spacial score (nSPS) is 17.3. The Labute approximate surface area is 134 Å². The van der Waals surface area contributed by atoms with Crippen molar-refractivity contribution in [3.8, 4) is 0 Å². The standard InChI is InChI=1S/C17H22FN3O2/c18-12-4-5-13-14(10-12)21-15(20-13)6-7-16(22)19-11-17(23)8-2-1-3-9-17/h4-5,10,23H,1-3,6-9,11H2,(H,19,22)(H,20,21). The summed E-state index contributed by atoms with van der Waals surface area (Å²) >= 11 is 0. The third kappa shape index (κ3) is 4.07. The van der Waals surface area contributed by atoms with E-state index in [-0.39, 0.29) is 11.7 Å². The highest BCUT2D eigenvalue weighted by atomic mass is 19.1. The number of amides is 1. The number of hydrogen-bond acceptors (Lipinski definition) is 3. The first-order valence-electron chi connectivity index (χ1n) is 8.17. The quantitative estimate of drug-likeness (QED) is 0.792. The predicted octanol–water partition coefficient (Wildman–Crippen LogP) is 2.45. The lowest BCUT2D eigenvalue weighted by Crippen LogP contribution is -2.44. The van der Waals surface area contributed by atoms with Crippen molar-refractivity contribution in [3.63, 3.8) is 0 Å². The summed E-state index contributed by atoms with van der Waals surface area (Å²) in [6.07, 6.45) is 5.44. The molecule has 0 bridgehead atoms. The number of aliphatic hydroxyl groups is 1. The number of imidazole rings is 1. The number of benzene rings is 1. The third-order valence-corrected chi connectivity index (χ3v) is 4.48. The summed E-state index contributed by atoms with van der Waals surface area (Å²) in [6, 6.07) is 4.37. The van der Waals surface area contributed by atoms with Crippen LogP contribution in [0.1, 0.15) is 44.3 Å². The van der Waals surface area contributed by atoms with Crippen molar-refractivity contribution in [1.29, 1.82) is 0 Å². The van der Waals surface area contributed by atoms with E-state index >= 15 is 0 Å². The van der Waals surface area contributed by atoms with Gasteiger partial charge in [-0.25, -0.2) is 9.37 Å². The number of carbonyl (C=O) groups excluding carboxylic acids is 1. The molecule has 3 N–H and O–H groups in total. The van der Waals surface area contributed by atoms with E-state index < -0.39 is 5.60 Å². The molecule has 1 fully saturated rings. The molecule has 1 aromatic carbocycles. The molecule has 5 nitrogen and oxygen atoms in total. The lowest BCUT2D eigenvalue weighted by molar-refractivity contribution is -0.122. The van der Waals surface area contributed by atoms with Crippen LogP contribution < -0.4 is 5.32 Å². The second-order valence-electron chi connectivity index (χ2n) is 6.41. The summed E-state index contributed by atoms with van der Waals surface area (Å²) in [5, 5.41) is 13.2. The second kappa shape index (κ2) is 6.66. The van der Waals surface area contributed by atoms with E-state index in [4.69, 9.17) is 0 Å². The molecule has 1 heterocycles. The van der Waals surface area contributed by atoms with Crippen molar-refractivity contribution < 1.29 is 14.3 Å². The van der Waals surface area contributed by atoms with E-state index in [1.165, 1.54) is 12.1 Å². The number of rotatable bonds is 5. The highest BCUT2D eigenvalue weighted by Crippen LogP contribution is 2.27. The van der Waals surface area contributed by atoms with Gasteiger partial charge in [-0.3, -0.25) is 4.79 Å². The topological polar surface area (TPSA) is 78.0 Å². The van der Waals surface area contributed by atoms with E-state index in [1.807, 2.05) is 0 Å². The fourth-order valence-corrected chi connectivity index (χ4v) is 3.12. The van der Waals surface area contributed by atoms with Crippen molar-refractivity contribution in [2.45, 2.75) is 50.5 Å². The molecule has 0 aliphatic heterocycles. The Kier molecular flexibility index (Phi) is 4.61.